The lowest BCUT2D eigenvalue weighted by molar-refractivity contribution is -0.140. The van der Waals surface area contributed by atoms with E-state index >= 15 is 0 Å². The molecule has 0 bridgehead atoms. The van der Waals surface area contributed by atoms with Gasteiger partial charge in [-0.3, -0.25) is 14.4 Å². The van der Waals surface area contributed by atoms with Crippen LogP contribution in [0.15, 0.2) is 76.9 Å². The van der Waals surface area contributed by atoms with Gasteiger partial charge in [0.25, 0.3) is 0 Å². The number of hydrogen-bond acceptors (Lipinski definition) is 4. The van der Waals surface area contributed by atoms with Crippen LogP contribution in [-0.2, 0) is 20.9 Å². The normalized spacial score (nSPS) is 26.1. The molecule has 2 N–H and O–H groups in total. The first-order valence-electron chi connectivity index (χ1n) is 14.0. The van der Waals surface area contributed by atoms with Gasteiger partial charge < -0.3 is 20.1 Å². The van der Waals surface area contributed by atoms with Gasteiger partial charge in [-0.15, -0.1) is 11.8 Å². The first kappa shape index (κ1) is 29.1. The Morgan fingerprint density at radius 2 is 1.98 bits per heavy atom. The van der Waals surface area contributed by atoms with Gasteiger partial charge in [-0.2, -0.15) is 0 Å². The van der Waals surface area contributed by atoms with E-state index in [2.05, 4.69) is 58.3 Å². The fourth-order valence-electron chi connectivity index (χ4n) is 6.26. The molecule has 2 saturated heterocycles. The van der Waals surface area contributed by atoms with E-state index in [1.807, 2.05) is 53.6 Å². The largest absolute Gasteiger partial charge is 0.361 e. The van der Waals surface area contributed by atoms with Crippen molar-refractivity contribution in [2.45, 2.75) is 48.8 Å². The summed E-state index contributed by atoms with van der Waals surface area (Å²) in [5.41, 5.74) is 3.84. The molecule has 1 aromatic heterocycles. The van der Waals surface area contributed by atoms with Gasteiger partial charge in [0.2, 0.25) is 17.7 Å². The Labute approximate surface area is 262 Å². The van der Waals surface area contributed by atoms with Gasteiger partial charge in [-0.05, 0) is 50.1 Å². The van der Waals surface area contributed by atoms with E-state index in [0.29, 0.717) is 24.7 Å². The molecular formula is C32H32BrClN4O3S. The predicted molar refractivity (Wildman–Crippen MR) is 171 cm³/mol. The number of carbonyl (C=O) groups excluding carboxylic acids is 3. The average Bonchev–Trinajstić information content (AvgIpc) is 3.48. The molecule has 42 heavy (non-hydrogen) atoms. The highest BCUT2D eigenvalue weighted by atomic mass is 79.9. The number of aromatic nitrogens is 1. The number of H-pyrrole nitrogens is 1. The molecule has 2 aliphatic heterocycles. The van der Waals surface area contributed by atoms with E-state index in [0.717, 1.165) is 32.9 Å². The van der Waals surface area contributed by atoms with Gasteiger partial charge in [0.1, 0.15) is 4.75 Å². The summed E-state index contributed by atoms with van der Waals surface area (Å²) in [5.74, 6) is -0.460. The van der Waals surface area contributed by atoms with Gasteiger partial charge in [-0.25, -0.2) is 0 Å². The Kier molecular flexibility index (Phi) is 7.79. The number of rotatable bonds is 6. The number of nitrogens with one attached hydrogen (secondary N) is 2. The van der Waals surface area contributed by atoms with Crippen LogP contribution < -0.4 is 5.32 Å². The second-order valence-electron chi connectivity index (χ2n) is 11.5. The Balaban J connectivity index is 1.53. The summed E-state index contributed by atoms with van der Waals surface area (Å²) < 4.78 is -0.668. The average molecular weight is 668 g/mol. The Bertz CT molecular complexity index is 1640. The van der Waals surface area contributed by atoms with Crippen LogP contribution in [-0.4, -0.2) is 61.6 Å². The van der Waals surface area contributed by atoms with Gasteiger partial charge in [0.15, 0.2) is 0 Å². The van der Waals surface area contributed by atoms with E-state index in [-0.39, 0.29) is 30.7 Å². The van der Waals surface area contributed by atoms with Gasteiger partial charge in [-0.1, -0.05) is 69.5 Å². The van der Waals surface area contributed by atoms with Crippen molar-refractivity contribution in [3.05, 3.63) is 93.1 Å². The number of piperazine rings is 1. The molecule has 10 heteroatoms. The number of likely N-dealkylation sites (tertiary alicyclic amines) is 1. The second-order valence-corrected chi connectivity index (χ2v) is 14.7. The molecule has 2 unspecified atom stereocenters. The molecule has 2 fully saturated rings. The predicted octanol–water partition coefficient (Wildman–Crippen LogP) is 6.15. The molecule has 0 saturated carbocycles. The Hall–Kier alpha value is -3.01. The number of amides is 3. The molecule has 218 valence electrons. The maximum atomic E-state index is 14.9. The number of halogens is 2. The smallest absolute Gasteiger partial charge is 0.242 e. The topological polar surface area (TPSA) is 85.5 Å². The fraction of sp³-hybridized carbons (Fsp3) is 0.344. The van der Waals surface area contributed by atoms with E-state index < -0.39 is 15.5 Å². The molecular weight excluding hydrogens is 636 g/mol. The zero-order chi connectivity index (χ0) is 29.6. The van der Waals surface area contributed by atoms with E-state index in [4.69, 9.17) is 11.6 Å². The summed E-state index contributed by atoms with van der Waals surface area (Å²) in [4.78, 5) is 48.4. The Morgan fingerprint density at radius 1 is 1.19 bits per heavy atom. The van der Waals surface area contributed by atoms with Crippen molar-refractivity contribution in [3.63, 3.8) is 0 Å². The van der Waals surface area contributed by atoms with Crippen LogP contribution >= 0.6 is 39.3 Å². The third kappa shape index (κ3) is 5.42. The van der Waals surface area contributed by atoms with Crippen LogP contribution in [0.3, 0.4) is 0 Å². The SMILES string of the molecule is CC1=CCC(C)(SC2(C(=O)N3CCNC(=O)C3)CC(=O)N(Cc3ccc(Br)cc3)[C@H]2c2c[nH]c3cc(Cl)ccc23)C=C1. The lowest BCUT2D eigenvalue weighted by Crippen LogP contribution is -2.58. The number of thioether (sulfide) groups is 1. The lowest BCUT2D eigenvalue weighted by Gasteiger charge is -2.44. The summed E-state index contributed by atoms with van der Waals surface area (Å²) in [5, 5.41) is 4.34. The quantitative estimate of drug-likeness (QED) is 0.330. The van der Waals surface area contributed by atoms with Crippen molar-refractivity contribution in [2.24, 2.45) is 0 Å². The number of allylic oxidation sites excluding steroid dienone is 3. The van der Waals surface area contributed by atoms with E-state index in [1.54, 1.807) is 16.7 Å². The first-order chi connectivity index (χ1) is 20.1. The molecule has 6 rings (SSSR count). The second kappa shape index (κ2) is 11.2. The molecule has 3 amide bonds. The zero-order valence-corrected chi connectivity index (χ0v) is 26.6. The molecule has 0 spiro atoms. The first-order valence-corrected chi connectivity index (χ1v) is 16.0. The van der Waals surface area contributed by atoms with Crippen molar-refractivity contribution in [1.29, 1.82) is 0 Å². The molecule has 3 atom stereocenters. The van der Waals surface area contributed by atoms with Crippen LogP contribution in [0.25, 0.3) is 10.9 Å². The fourth-order valence-corrected chi connectivity index (χ4v) is 8.61. The summed E-state index contributed by atoms with van der Waals surface area (Å²) in [7, 11) is 0. The number of hydrogen-bond donors (Lipinski definition) is 2. The number of nitrogens with zero attached hydrogens (tertiary/aromatic N) is 2. The van der Waals surface area contributed by atoms with Crippen molar-refractivity contribution in [2.75, 3.05) is 19.6 Å². The molecule has 3 aliphatic rings. The maximum absolute atomic E-state index is 14.9. The minimum absolute atomic E-state index is 0.0240. The molecule has 7 nitrogen and oxygen atoms in total. The zero-order valence-electron chi connectivity index (χ0n) is 23.5. The summed E-state index contributed by atoms with van der Waals surface area (Å²) >= 11 is 11.4. The highest BCUT2D eigenvalue weighted by Gasteiger charge is 2.61. The van der Waals surface area contributed by atoms with Gasteiger partial charge in [0, 0.05) is 56.5 Å². The molecule has 2 aromatic carbocycles. The third-order valence-corrected chi connectivity index (χ3v) is 10.8. The van der Waals surface area contributed by atoms with Crippen LogP contribution in [0.5, 0.6) is 0 Å². The molecule has 0 radical (unpaired) electrons. The molecule has 3 aromatic rings. The van der Waals surface area contributed by atoms with Gasteiger partial charge in [0.05, 0.1) is 19.0 Å². The van der Waals surface area contributed by atoms with E-state index in [9.17, 15) is 14.4 Å². The lowest BCUT2D eigenvalue weighted by atomic mass is 9.90. The maximum Gasteiger partial charge on any atom is 0.242 e. The van der Waals surface area contributed by atoms with Crippen LogP contribution in [0.2, 0.25) is 5.02 Å². The minimum atomic E-state index is -1.18. The van der Waals surface area contributed by atoms with Crippen molar-refractivity contribution in [1.82, 2.24) is 20.1 Å². The van der Waals surface area contributed by atoms with Crippen molar-refractivity contribution < 1.29 is 14.4 Å². The number of carbonyl (C=O) groups is 3. The van der Waals surface area contributed by atoms with E-state index in [1.165, 1.54) is 5.57 Å². The number of benzene rings is 2. The molecule has 3 heterocycles. The summed E-state index contributed by atoms with van der Waals surface area (Å²) in [6.45, 7) is 5.30. The van der Waals surface area contributed by atoms with Crippen LogP contribution in [0.1, 0.15) is 43.9 Å². The minimum Gasteiger partial charge on any atom is -0.361 e. The standard InChI is InChI=1S/C32H32BrClN4O3S/c1-20-9-11-31(2,12-10-20)42-32(30(41)37-14-13-35-27(39)19-37)16-28(40)38(18-21-3-5-22(33)6-4-21)29(32)25-17-36-26-15-23(34)7-8-24(25)26/h3-11,15,17,29,36H,12-14,16,18-19H2,1-2H3,(H,35,39)/t29-,31?,32?/m0/s1. The molecule has 1 aliphatic carbocycles. The number of fused-ring (bicyclic) bond motifs is 1. The monoisotopic (exact) mass is 666 g/mol. The van der Waals surface area contributed by atoms with Crippen molar-refractivity contribution >= 4 is 67.9 Å². The summed E-state index contributed by atoms with van der Waals surface area (Å²) in [6.07, 6.45) is 9.09. The number of aromatic amines is 1. The summed E-state index contributed by atoms with van der Waals surface area (Å²) in [6, 6.07) is 13.0. The van der Waals surface area contributed by atoms with Gasteiger partial charge >= 0.3 is 0 Å². The van der Waals surface area contributed by atoms with Crippen LogP contribution in [0, 0.1) is 0 Å². The highest BCUT2D eigenvalue weighted by molar-refractivity contribution is 9.10. The highest BCUT2D eigenvalue weighted by Crippen LogP contribution is 2.57. The van der Waals surface area contributed by atoms with Crippen molar-refractivity contribution in [3.8, 4) is 0 Å². The third-order valence-electron chi connectivity index (χ3n) is 8.36. The van der Waals surface area contributed by atoms with Crippen LogP contribution in [0.4, 0.5) is 0 Å². The Morgan fingerprint density at radius 3 is 2.69 bits per heavy atom.